The molecule has 0 saturated carbocycles. The predicted octanol–water partition coefficient (Wildman–Crippen LogP) is 1.72. The van der Waals surface area contributed by atoms with E-state index in [9.17, 15) is 15.0 Å². The summed E-state index contributed by atoms with van der Waals surface area (Å²) < 4.78 is 5.08. The number of aliphatic hydroxyl groups excluding tert-OH is 1. The molecule has 2 aromatic rings. The highest BCUT2D eigenvalue weighted by molar-refractivity contribution is 5.91. The summed E-state index contributed by atoms with van der Waals surface area (Å²) in [5.41, 5.74) is 0.919. The van der Waals surface area contributed by atoms with Crippen LogP contribution in [0.15, 0.2) is 53.2 Å². The van der Waals surface area contributed by atoms with Gasteiger partial charge in [0.05, 0.1) is 18.9 Å². The summed E-state index contributed by atoms with van der Waals surface area (Å²) in [5.74, 6) is 0.471. The predicted molar refractivity (Wildman–Crippen MR) is 78.6 cm³/mol. The molecule has 2 rings (SSSR count). The van der Waals surface area contributed by atoms with Crippen LogP contribution in [0.5, 0.6) is 5.75 Å². The number of amides is 1. The van der Waals surface area contributed by atoms with Crippen LogP contribution >= 0.6 is 0 Å². The molecule has 1 aromatic carbocycles. The number of rotatable bonds is 6. The quantitative estimate of drug-likeness (QED) is 0.706. The lowest BCUT2D eigenvalue weighted by atomic mass is 10.1. The molecule has 1 aromatic heterocycles. The Morgan fingerprint density at radius 3 is 2.67 bits per heavy atom. The van der Waals surface area contributed by atoms with Crippen LogP contribution in [-0.4, -0.2) is 28.8 Å². The summed E-state index contributed by atoms with van der Waals surface area (Å²) in [6.45, 7) is -0.165. The lowest BCUT2D eigenvalue weighted by Gasteiger charge is -2.15. The minimum atomic E-state index is -0.386. The second-order valence-electron chi connectivity index (χ2n) is 4.61. The largest absolute Gasteiger partial charge is 0.508 e. The van der Waals surface area contributed by atoms with Gasteiger partial charge in [0, 0.05) is 6.08 Å². The van der Waals surface area contributed by atoms with Crippen LogP contribution in [0.2, 0.25) is 0 Å². The molecular weight excluding hydrogens is 270 g/mol. The fourth-order valence-corrected chi connectivity index (χ4v) is 1.87. The molecular formula is C16H17NO4. The van der Waals surface area contributed by atoms with Gasteiger partial charge < -0.3 is 19.9 Å². The van der Waals surface area contributed by atoms with Crippen molar-refractivity contribution < 1.29 is 19.4 Å². The first-order valence-corrected chi connectivity index (χ1v) is 6.58. The molecule has 1 amide bonds. The first kappa shape index (κ1) is 14.9. The molecule has 0 spiro atoms. The zero-order chi connectivity index (χ0) is 15.1. The van der Waals surface area contributed by atoms with Crippen LogP contribution in [0, 0.1) is 0 Å². The van der Waals surface area contributed by atoms with Gasteiger partial charge in [0.1, 0.15) is 11.5 Å². The molecule has 0 bridgehead atoms. The molecule has 21 heavy (non-hydrogen) atoms. The number of phenols is 1. The van der Waals surface area contributed by atoms with Crippen molar-refractivity contribution in [2.45, 2.75) is 12.5 Å². The molecule has 0 aliphatic heterocycles. The zero-order valence-electron chi connectivity index (χ0n) is 11.4. The number of nitrogens with one attached hydrogen (secondary N) is 1. The van der Waals surface area contributed by atoms with E-state index in [1.165, 1.54) is 12.3 Å². The van der Waals surface area contributed by atoms with Gasteiger partial charge in [-0.15, -0.1) is 0 Å². The van der Waals surface area contributed by atoms with Crippen LogP contribution < -0.4 is 5.32 Å². The minimum absolute atomic E-state index is 0.165. The van der Waals surface area contributed by atoms with E-state index in [-0.39, 0.29) is 24.3 Å². The molecule has 5 nitrogen and oxygen atoms in total. The molecule has 110 valence electrons. The van der Waals surface area contributed by atoms with Gasteiger partial charge in [0.15, 0.2) is 0 Å². The van der Waals surface area contributed by atoms with Gasteiger partial charge >= 0.3 is 0 Å². The minimum Gasteiger partial charge on any atom is -0.508 e. The lowest BCUT2D eigenvalue weighted by molar-refractivity contribution is -0.117. The number of carbonyl (C=O) groups is 1. The average Bonchev–Trinajstić information content (AvgIpc) is 3.00. The van der Waals surface area contributed by atoms with Gasteiger partial charge in [0.25, 0.3) is 0 Å². The van der Waals surface area contributed by atoms with Crippen LogP contribution in [0.1, 0.15) is 11.3 Å². The number of hydrogen-bond acceptors (Lipinski definition) is 4. The van der Waals surface area contributed by atoms with Crippen LogP contribution in [0.25, 0.3) is 6.08 Å². The van der Waals surface area contributed by atoms with Crippen LogP contribution in [0.4, 0.5) is 0 Å². The van der Waals surface area contributed by atoms with Crippen molar-refractivity contribution in [2.75, 3.05) is 6.61 Å². The van der Waals surface area contributed by atoms with Crippen LogP contribution in [0.3, 0.4) is 0 Å². The number of benzene rings is 1. The maximum atomic E-state index is 11.8. The maximum absolute atomic E-state index is 11.8. The van der Waals surface area contributed by atoms with E-state index >= 15 is 0 Å². The molecule has 0 fully saturated rings. The van der Waals surface area contributed by atoms with Crippen molar-refractivity contribution in [1.29, 1.82) is 0 Å². The summed E-state index contributed by atoms with van der Waals surface area (Å²) >= 11 is 0. The SMILES string of the molecule is O=C(/C=C/c1ccco1)N[C@H](CO)Cc1ccc(O)cc1. The van der Waals surface area contributed by atoms with Gasteiger partial charge in [-0.05, 0) is 42.3 Å². The fraction of sp³-hybridized carbons (Fsp3) is 0.188. The van der Waals surface area contributed by atoms with Gasteiger partial charge in [-0.1, -0.05) is 12.1 Å². The third kappa shape index (κ3) is 4.81. The third-order valence-electron chi connectivity index (χ3n) is 2.93. The Hall–Kier alpha value is -2.53. The van der Waals surface area contributed by atoms with Gasteiger partial charge in [-0.3, -0.25) is 4.79 Å². The first-order chi connectivity index (χ1) is 10.2. The molecule has 0 unspecified atom stereocenters. The zero-order valence-corrected chi connectivity index (χ0v) is 11.4. The Kier molecular flexibility index (Phi) is 5.17. The van der Waals surface area contributed by atoms with E-state index in [2.05, 4.69) is 5.32 Å². The summed E-state index contributed by atoms with van der Waals surface area (Å²) in [6.07, 6.45) is 4.93. The van der Waals surface area contributed by atoms with E-state index in [0.29, 0.717) is 12.2 Å². The van der Waals surface area contributed by atoms with Crippen LogP contribution in [-0.2, 0) is 11.2 Å². The molecule has 1 heterocycles. The number of furan rings is 1. The number of hydrogen-bond donors (Lipinski definition) is 3. The Morgan fingerprint density at radius 2 is 2.05 bits per heavy atom. The van der Waals surface area contributed by atoms with Gasteiger partial charge in [0.2, 0.25) is 5.91 Å². The first-order valence-electron chi connectivity index (χ1n) is 6.58. The van der Waals surface area contributed by atoms with Crippen molar-refractivity contribution in [3.8, 4) is 5.75 Å². The highest BCUT2D eigenvalue weighted by Crippen LogP contribution is 2.11. The Bertz CT molecular complexity index is 587. The molecule has 0 radical (unpaired) electrons. The van der Waals surface area contributed by atoms with Gasteiger partial charge in [-0.25, -0.2) is 0 Å². The Balaban J connectivity index is 1.89. The summed E-state index contributed by atoms with van der Waals surface area (Å²) in [4.78, 5) is 11.8. The molecule has 0 aliphatic carbocycles. The van der Waals surface area contributed by atoms with Crippen molar-refractivity contribution in [1.82, 2.24) is 5.32 Å². The smallest absolute Gasteiger partial charge is 0.244 e. The van der Waals surface area contributed by atoms with Crippen molar-refractivity contribution in [2.24, 2.45) is 0 Å². The molecule has 5 heteroatoms. The molecule has 0 saturated heterocycles. The van der Waals surface area contributed by atoms with E-state index in [1.54, 1.807) is 42.5 Å². The van der Waals surface area contributed by atoms with Crippen molar-refractivity contribution in [3.63, 3.8) is 0 Å². The second kappa shape index (κ2) is 7.31. The van der Waals surface area contributed by atoms with E-state index in [4.69, 9.17) is 4.42 Å². The Morgan fingerprint density at radius 1 is 1.29 bits per heavy atom. The molecule has 0 aliphatic rings. The van der Waals surface area contributed by atoms with E-state index < -0.39 is 0 Å². The van der Waals surface area contributed by atoms with E-state index in [0.717, 1.165) is 5.56 Å². The number of aliphatic hydroxyl groups is 1. The summed E-state index contributed by atoms with van der Waals surface area (Å²) in [7, 11) is 0. The number of phenolic OH excluding ortho intramolecular Hbond substituents is 1. The molecule has 1 atom stereocenters. The van der Waals surface area contributed by atoms with Crippen molar-refractivity contribution in [3.05, 3.63) is 60.1 Å². The summed E-state index contributed by atoms with van der Waals surface area (Å²) in [5, 5.41) is 21.3. The normalized spacial score (nSPS) is 12.4. The summed E-state index contributed by atoms with van der Waals surface area (Å²) in [6, 6.07) is 9.74. The second-order valence-corrected chi connectivity index (χ2v) is 4.61. The topological polar surface area (TPSA) is 82.7 Å². The van der Waals surface area contributed by atoms with Gasteiger partial charge in [-0.2, -0.15) is 0 Å². The number of aromatic hydroxyl groups is 1. The third-order valence-corrected chi connectivity index (χ3v) is 2.93. The highest BCUT2D eigenvalue weighted by Gasteiger charge is 2.10. The standard InChI is InChI=1S/C16H17NO4/c18-11-13(10-12-3-5-14(19)6-4-12)17-16(20)8-7-15-2-1-9-21-15/h1-9,13,18-19H,10-11H2,(H,17,20)/b8-7+/t13-/m0/s1. The maximum Gasteiger partial charge on any atom is 0.244 e. The highest BCUT2D eigenvalue weighted by atomic mass is 16.3. The average molecular weight is 287 g/mol. The number of carbonyl (C=O) groups excluding carboxylic acids is 1. The fourth-order valence-electron chi connectivity index (χ4n) is 1.87. The molecule has 3 N–H and O–H groups in total. The Labute approximate surface area is 122 Å². The monoisotopic (exact) mass is 287 g/mol. The lowest BCUT2D eigenvalue weighted by Crippen LogP contribution is -2.38. The van der Waals surface area contributed by atoms with E-state index in [1.807, 2.05) is 0 Å². The van der Waals surface area contributed by atoms with Crippen molar-refractivity contribution >= 4 is 12.0 Å².